The van der Waals surface area contributed by atoms with Crippen LogP contribution in [0.2, 0.25) is 0 Å². The van der Waals surface area contributed by atoms with Crippen LogP contribution in [-0.4, -0.2) is 53.4 Å². The highest BCUT2D eigenvalue weighted by Crippen LogP contribution is 2.32. The Kier molecular flexibility index (Phi) is 4.07. The van der Waals surface area contributed by atoms with Gasteiger partial charge in [-0.05, 0) is 36.7 Å². The van der Waals surface area contributed by atoms with E-state index in [1.165, 1.54) is 22.0 Å². The molecule has 0 bridgehead atoms. The van der Waals surface area contributed by atoms with Gasteiger partial charge in [0.2, 0.25) is 6.79 Å². The van der Waals surface area contributed by atoms with E-state index in [4.69, 9.17) is 9.47 Å². The third kappa shape index (κ3) is 2.94. The summed E-state index contributed by atoms with van der Waals surface area (Å²) in [7, 11) is 0. The Morgan fingerprint density at radius 2 is 2.08 bits per heavy atom. The number of piperazine rings is 1. The van der Waals surface area contributed by atoms with Gasteiger partial charge in [-0.25, -0.2) is 0 Å². The maximum atomic E-state index is 12.5. The van der Waals surface area contributed by atoms with Crippen LogP contribution in [0.4, 0.5) is 0 Å². The van der Waals surface area contributed by atoms with Gasteiger partial charge in [-0.15, -0.1) is 5.10 Å². The molecule has 7 nitrogen and oxygen atoms in total. The second-order valence-corrected chi connectivity index (χ2v) is 6.85. The number of nitrogens with one attached hydrogen (secondary N) is 1. The summed E-state index contributed by atoms with van der Waals surface area (Å²) in [5, 5.41) is 3.93. The molecule has 24 heavy (non-hydrogen) atoms. The molecule has 8 heteroatoms. The number of carbonyl (C=O) groups is 1. The fourth-order valence-electron chi connectivity index (χ4n) is 3.11. The predicted octanol–water partition coefficient (Wildman–Crippen LogP) is 0.116. The molecular weight excluding hydrogens is 328 g/mol. The van der Waals surface area contributed by atoms with Crippen LogP contribution in [-0.2, 0) is 6.54 Å². The normalized spacial score (nSPS) is 17.3. The number of nitrogens with zero attached hydrogens (tertiary/aromatic N) is 3. The number of hydrogen-bond acceptors (Lipinski definition) is 6. The summed E-state index contributed by atoms with van der Waals surface area (Å²) >= 11 is 1.18. The molecule has 0 spiro atoms. The van der Waals surface area contributed by atoms with Gasteiger partial charge in [-0.2, -0.15) is 0 Å². The highest BCUT2D eigenvalue weighted by atomic mass is 32.1. The predicted molar refractivity (Wildman–Crippen MR) is 87.5 cm³/mol. The van der Waals surface area contributed by atoms with Crippen LogP contribution in [0.1, 0.15) is 20.9 Å². The fourth-order valence-corrected chi connectivity index (χ4v) is 3.74. The SMILES string of the molecule is Cc1nnsc1C(=O)N1CC[NH+](Cc2ccc3c(c2)OCO3)CC1. The van der Waals surface area contributed by atoms with Crippen LogP contribution in [0, 0.1) is 6.92 Å². The third-order valence-electron chi connectivity index (χ3n) is 4.49. The standard InChI is InChI=1S/C16H18N4O3S/c1-11-15(24-18-17-11)16(21)20-6-4-19(5-7-20)9-12-2-3-13-14(8-12)23-10-22-13/h2-3,8H,4-7,9-10H2,1H3/p+1. The van der Waals surface area contributed by atoms with Gasteiger partial charge in [0.15, 0.2) is 11.5 Å². The van der Waals surface area contributed by atoms with Gasteiger partial charge < -0.3 is 19.3 Å². The van der Waals surface area contributed by atoms with E-state index in [0.29, 0.717) is 11.7 Å². The summed E-state index contributed by atoms with van der Waals surface area (Å²) in [6.07, 6.45) is 0. The van der Waals surface area contributed by atoms with Crippen LogP contribution in [0.3, 0.4) is 0 Å². The summed E-state index contributed by atoms with van der Waals surface area (Å²) in [5.41, 5.74) is 1.96. The minimum absolute atomic E-state index is 0.0598. The summed E-state index contributed by atoms with van der Waals surface area (Å²) in [4.78, 5) is 16.5. The molecule has 2 aliphatic rings. The number of aromatic nitrogens is 2. The quantitative estimate of drug-likeness (QED) is 0.854. The van der Waals surface area contributed by atoms with E-state index in [-0.39, 0.29) is 5.91 Å². The lowest BCUT2D eigenvalue weighted by atomic mass is 10.1. The number of ether oxygens (including phenoxy) is 2. The van der Waals surface area contributed by atoms with Crippen molar-refractivity contribution in [3.8, 4) is 11.5 Å². The van der Waals surface area contributed by atoms with Crippen molar-refractivity contribution >= 4 is 17.4 Å². The van der Waals surface area contributed by atoms with Gasteiger partial charge in [-0.1, -0.05) is 4.49 Å². The highest BCUT2D eigenvalue weighted by Gasteiger charge is 2.27. The number of benzene rings is 1. The van der Waals surface area contributed by atoms with Crippen LogP contribution >= 0.6 is 11.5 Å². The molecule has 1 aromatic carbocycles. The summed E-state index contributed by atoms with van der Waals surface area (Å²) in [5.74, 6) is 1.70. The molecule has 0 aliphatic carbocycles. The molecule has 0 saturated carbocycles. The Bertz CT molecular complexity index is 756. The second kappa shape index (κ2) is 6.37. The van der Waals surface area contributed by atoms with E-state index in [9.17, 15) is 4.79 Å². The van der Waals surface area contributed by atoms with E-state index in [1.54, 1.807) is 0 Å². The van der Waals surface area contributed by atoms with E-state index < -0.39 is 0 Å². The van der Waals surface area contributed by atoms with Gasteiger partial charge in [0, 0.05) is 5.56 Å². The molecule has 1 amide bonds. The lowest BCUT2D eigenvalue weighted by Crippen LogP contribution is -3.13. The lowest BCUT2D eigenvalue weighted by Gasteiger charge is -2.32. The van der Waals surface area contributed by atoms with Crippen molar-refractivity contribution in [2.24, 2.45) is 0 Å². The number of aryl methyl sites for hydroxylation is 1. The summed E-state index contributed by atoms with van der Waals surface area (Å²) < 4.78 is 14.6. The third-order valence-corrected chi connectivity index (χ3v) is 5.31. The number of quaternary nitrogens is 1. The average Bonchev–Trinajstić information content (AvgIpc) is 3.23. The molecule has 3 heterocycles. The molecule has 1 saturated heterocycles. The van der Waals surface area contributed by atoms with Crippen molar-refractivity contribution < 1.29 is 19.2 Å². The van der Waals surface area contributed by atoms with Crippen LogP contribution in [0.15, 0.2) is 18.2 Å². The topological polar surface area (TPSA) is 69.0 Å². The van der Waals surface area contributed by atoms with Crippen molar-refractivity contribution in [3.63, 3.8) is 0 Å². The molecule has 4 rings (SSSR count). The Morgan fingerprint density at radius 1 is 1.29 bits per heavy atom. The molecule has 0 radical (unpaired) electrons. The number of rotatable bonds is 3. The highest BCUT2D eigenvalue weighted by molar-refractivity contribution is 7.07. The minimum Gasteiger partial charge on any atom is -0.454 e. The van der Waals surface area contributed by atoms with E-state index in [1.807, 2.05) is 17.9 Å². The Hall–Kier alpha value is -2.19. The summed E-state index contributed by atoms with van der Waals surface area (Å²) in [6.45, 7) is 6.46. The molecule has 0 atom stereocenters. The first kappa shape index (κ1) is 15.3. The Morgan fingerprint density at radius 3 is 2.83 bits per heavy atom. The minimum atomic E-state index is 0.0598. The van der Waals surface area contributed by atoms with Gasteiger partial charge in [0.1, 0.15) is 11.4 Å². The number of amides is 1. The van der Waals surface area contributed by atoms with Crippen molar-refractivity contribution in [3.05, 3.63) is 34.3 Å². The van der Waals surface area contributed by atoms with Crippen LogP contribution < -0.4 is 14.4 Å². The number of carbonyl (C=O) groups excluding carboxylic acids is 1. The second-order valence-electron chi connectivity index (χ2n) is 6.09. The molecular formula is C16H19N4O3S+. The average molecular weight is 347 g/mol. The molecule has 1 aromatic heterocycles. The largest absolute Gasteiger partial charge is 0.454 e. The van der Waals surface area contributed by atoms with Crippen LogP contribution in [0.5, 0.6) is 11.5 Å². The zero-order valence-corrected chi connectivity index (χ0v) is 14.3. The molecule has 1 fully saturated rings. The van der Waals surface area contributed by atoms with E-state index >= 15 is 0 Å². The maximum absolute atomic E-state index is 12.5. The maximum Gasteiger partial charge on any atom is 0.267 e. The van der Waals surface area contributed by atoms with E-state index in [0.717, 1.165) is 49.9 Å². The van der Waals surface area contributed by atoms with E-state index in [2.05, 4.69) is 21.7 Å². The monoisotopic (exact) mass is 347 g/mol. The first-order valence-corrected chi connectivity index (χ1v) is 8.78. The lowest BCUT2D eigenvalue weighted by molar-refractivity contribution is -0.917. The number of fused-ring (bicyclic) bond motifs is 1. The zero-order valence-electron chi connectivity index (χ0n) is 13.4. The molecule has 0 unspecified atom stereocenters. The van der Waals surface area contributed by atoms with Crippen molar-refractivity contribution in [2.75, 3.05) is 33.0 Å². The van der Waals surface area contributed by atoms with Crippen molar-refractivity contribution in [2.45, 2.75) is 13.5 Å². The molecule has 2 aromatic rings. The van der Waals surface area contributed by atoms with Gasteiger partial charge in [0.25, 0.3) is 5.91 Å². The van der Waals surface area contributed by atoms with Crippen molar-refractivity contribution in [1.29, 1.82) is 0 Å². The first-order valence-electron chi connectivity index (χ1n) is 8.01. The van der Waals surface area contributed by atoms with Gasteiger partial charge in [0.05, 0.1) is 31.9 Å². The molecule has 1 N–H and O–H groups in total. The Balaban J connectivity index is 1.35. The first-order chi connectivity index (χ1) is 11.7. The smallest absolute Gasteiger partial charge is 0.267 e. The fraction of sp³-hybridized carbons (Fsp3) is 0.438. The number of hydrogen-bond donors (Lipinski definition) is 1. The van der Waals surface area contributed by atoms with Crippen molar-refractivity contribution in [1.82, 2.24) is 14.5 Å². The Labute approximate surface area is 143 Å². The molecule has 2 aliphatic heterocycles. The zero-order chi connectivity index (χ0) is 16.5. The molecule has 126 valence electrons. The summed E-state index contributed by atoms with van der Waals surface area (Å²) in [6, 6.07) is 6.11. The van der Waals surface area contributed by atoms with Gasteiger partial charge in [-0.3, -0.25) is 4.79 Å². The van der Waals surface area contributed by atoms with Crippen LogP contribution in [0.25, 0.3) is 0 Å². The van der Waals surface area contributed by atoms with Gasteiger partial charge >= 0.3 is 0 Å².